The van der Waals surface area contributed by atoms with Gasteiger partial charge in [0.1, 0.15) is 5.82 Å². The molecule has 0 spiro atoms. The first-order chi connectivity index (χ1) is 9.92. The summed E-state index contributed by atoms with van der Waals surface area (Å²) in [6.45, 7) is 3.05. The molecule has 0 aromatic carbocycles. The van der Waals surface area contributed by atoms with Gasteiger partial charge in [0.15, 0.2) is 0 Å². The molecule has 1 aliphatic rings. The van der Waals surface area contributed by atoms with Gasteiger partial charge in [-0.05, 0) is 43.0 Å². The Bertz CT molecular complexity index is 518. The van der Waals surface area contributed by atoms with Crippen molar-refractivity contribution in [3.63, 3.8) is 0 Å². The van der Waals surface area contributed by atoms with Crippen molar-refractivity contribution in [2.75, 3.05) is 23.3 Å². The van der Waals surface area contributed by atoms with Crippen LogP contribution in [0.1, 0.15) is 24.8 Å². The monoisotopic (exact) mass is 268 g/mol. The van der Waals surface area contributed by atoms with Gasteiger partial charge in [-0.1, -0.05) is 6.07 Å². The lowest BCUT2D eigenvalue weighted by molar-refractivity contribution is 0.573. The average Bonchev–Trinajstić information content (AvgIpc) is 2.55. The van der Waals surface area contributed by atoms with E-state index in [2.05, 4.69) is 38.4 Å². The Hall–Kier alpha value is -2.10. The Balaban J connectivity index is 1.58. The normalized spacial score (nSPS) is 15.1. The van der Waals surface area contributed by atoms with E-state index in [9.17, 15) is 0 Å². The van der Waals surface area contributed by atoms with Crippen LogP contribution in [0.4, 0.5) is 11.5 Å². The minimum atomic E-state index is 0.776. The topological polar surface area (TPSA) is 41.1 Å². The third-order valence-corrected chi connectivity index (χ3v) is 3.65. The lowest BCUT2D eigenvalue weighted by Crippen LogP contribution is -2.30. The molecule has 4 heteroatoms. The van der Waals surface area contributed by atoms with E-state index < -0.39 is 0 Å². The molecule has 2 aromatic rings. The predicted octanol–water partition coefficient (Wildman–Crippen LogP) is 3.08. The van der Waals surface area contributed by atoms with Gasteiger partial charge < -0.3 is 10.2 Å². The highest BCUT2D eigenvalue weighted by atomic mass is 15.2. The summed E-state index contributed by atoms with van der Waals surface area (Å²) in [5.74, 6) is 1.09. The lowest BCUT2D eigenvalue weighted by Gasteiger charge is -2.27. The lowest BCUT2D eigenvalue weighted by atomic mass is 10.1. The molecule has 1 aliphatic heterocycles. The molecule has 0 radical (unpaired) electrons. The van der Waals surface area contributed by atoms with E-state index >= 15 is 0 Å². The molecule has 0 bridgehead atoms. The molecule has 4 nitrogen and oxygen atoms in total. The van der Waals surface area contributed by atoms with E-state index in [-0.39, 0.29) is 0 Å². The molecule has 3 rings (SSSR count). The van der Waals surface area contributed by atoms with Crippen LogP contribution >= 0.6 is 0 Å². The average molecular weight is 268 g/mol. The molecular weight excluding hydrogens is 248 g/mol. The van der Waals surface area contributed by atoms with Crippen LogP contribution < -0.4 is 10.2 Å². The van der Waals surface area contributed by atoms with Crippen LogP contribution in [0.5, 0.6) is 0 Å². The van der Waals surface area contributed by atoms with Crippen molar-refractivity contribution in [3.05, 3.63) is 48.4 Å². The Kier molecular flexibility index (Phi) is 4.11. The summed E-state index contributed by atoms with van der Waals surface area (Å²) in [6.07, 6.45) is 9.49. The van der Waals surface area contributed by atoms with Crippen molar-refractivity contribution < 1.29 is 0 Å². The number of hydrogen-bond acceptors (Lipinski definition) is 4. The molecule has 3 heterocycles. The summed E-state index contributed by atoms with van der Waals surface area (Å²) < 4.78 is 0. The highest BCUT2D eigenvalue weighted by molar-refractivity contribution is 5.49. The fourth-order valence-corrected chi connectivity index (χ4v) is 2.51. The summed E-state index contributed by atoms with van der Waals surface area (Å²) in [5.41, 5.74) is 2.22. The van der Waals surface area contributed by atoms with Crippen LogP contribution in [0, 0.1) is 0 Å². The molecule has 1 N–H and O–H groups in total. The van der Waals surface area contributed by atoms with Gasteiger partial charge in [0.05, 0.1) is 11.9 Å². The van der Waals surface area contributed by atoms with Gasteiger partial charge in [-0.25, -0.2) is 4.98 Å². The molecule has 20 heavy (non-hydrogen) atoms. The highest BCUT2D eigenvalue weighted by Gasteiger charge is 2.11. The molecule has 1 saturated heterocycles. The van der Waals surface area contributed by atoms with Gasteiger partial charge in [0.25, 0.3) is 0 Å². The van der Waals surface area contributed by atoms with Gasteiger partial charge in [0, 0.05) is 32.0 Å². The highest BCUT2D eigenvalue weighted by Crippen LogP contribution is 2.19. The van der Waals surface area contributed by atoms with E-state index in [0.29, 0.717) is 0 Å². The van der Waals surface area contributed by atoms with Crippen LogP contribution in [-0.2, 0) is 6.54 Å². The second kappa shape index (κ2) is 6.37. The van der Waals surface area contributed by atoms with Gasteiger partial charge in [-0.15, -0.1) is 0 Å². The zero-order chi connectivity index (χ0) is 13.6. The number of piperidine rings is 1. The van der Waals surface area contributed by atoms with Crippen molar-refractivity contribution in [3.8, 4) is 0 Å². The standard InChI is InChI=1S/C16H20N4/c1-2-9-20(10-3-1)16-7-6-15(13-19-16)18-12-14-5-4-8-17-11-14/h4-8,11,13,18H,1-3,9-10,12H2. The third kappa shape index (κ3) is 3.26. The Morgan fingerprint density at radius 1 is 1.05 bits per heavy atom. The van der Waals surface area contributed by atoms with E-state index in [4.69, 9.17) is 0 Å². The fraction of sp³-hybridized carbons (Fsp3) is 0.375. The maximum absolute atomic E-state index is 4.56. The maximum atomic E-state index is 4.56. The van der Waals surface area contributed by atoms with Gasteiger partial charge in [-0.3, -0.25) is 4.98 Å². The molecular formula is C16H20N4. The molecule has 0 atom stereocenters. The minimum absolute atomic E-state index is 0.776. The first-order valence-electron chi connectivity index (χ1n) is 7.25. The largest absolute Gasteiger partial charge is 0.380 e. The van der Waals surface area contributed by atoms with Gasteiger partial charge in [0.2, 0.25) is 0 Å². The zero-order valence-corrected chi connectivity index (χ0v) is 11.6. The van der Waals surface area contributed by atoms with Crippen molar-refractivity contribution in [1.82, 2.24) is 9.97 Å². The van der Waals surface area contributed by atoms with Crippen molar-refractivity contribution in [1.29, 1.82) is 0 Å². The van der Waals surface area contributed by atoms with Crippen molar-refractivity contribution in [2.24, 2.45) is 0 Å². The van der Waals surface area contributed by atoms with Crippen LogP contribution in [0.3, 0.4) is 0 Å². The summed E-state index contributed by atoms with van der Waals surface area (Å²) in [7, 11) is 0. The Morgan fingerprint density at radius 3 is 2.65 bits per heavy atom. The number of nitrogens with zero attached hydrogens (tertiary/aromatic N) is 3. The number of pyridine rings is 2. The number of rotatable bonds is 4. The number of aromatic nitrogens is 2. The fourth-order valence-electron chi connectivity index (χ4n) is 2.51. The van der Waals surface area contributed by atoms with Crippen LogP contribution in [0.25, 0.3) is 0 Å². The second-order valence-corrected chi connectivity index (χ2v) is 5.17. The van der Waals surface area contributed by atoms with Crippen molar-refractivity contribution >= 4 is 11.5 Å². The Labute approximate surface area is 119 Å². The minimum Gasteiger partial charge on any atom is -0.380 e. The van der Waals surface area contributed by atoms with E-state index in [0.717, 1.165) is 31.1 Å². The van der Waals surface area contributed by atoms with E-state index in [1.54, 1.807) is 6.20 Å². The maximum Gasteiger partial charge on any atom is 0.128 e. The van der Waals surface area contributed by atoms with E-state index in [1.807, 2.05) is 18.5 Å². The molecule has 0 unspecified atom stereocenters. The van der Waals surface area contributed by atoms with Crippen LogP contribution in [0.15, 0.2) is 42.9 Å². The van der Waals surface area contributed by atoms with Crippen molar-refractivity contribution in [2.45, 2.75) is 25.8 Å². The van der Waals surface area contributed by atoms with Gasteiger partial charge in [-0.2, -0.15) is 0 Å². The SMILES string of the molecule is c1cncc(CNc2ccc(N3CCCCC3)nc2)c1. The van der Waals surface area contributed by atoms with E-state index in [1.165, 1.54) is 24.8 Å². The van der Waals surface area contributed by atoms with Gasteiger partial charge >= 0.3 is 0 Å². The zero-order valence-electron chi connectivity index (χ0n) is 11.6. The number of nitrogens with one attached hydrogen (secondary N) is 1. The summed E-state index contributed by atoms with van der Waals surface area (Å²) >= 11 is 0. The second-order valence-electron chi connectivity index (χ2n) is 5.17. The molecule has 0 aliphatic carbocycles. The predicted molar refractivity (Wildman–Crippen MR) is 81.9 cm³/mol. The molecule has 104 valence electrons. The number of hydrogen-bond donors (Lipinski definition) is 1. The quantitative estimate of drug-likeness (QED) is 0.925. The first kappa shape index (κ1) is 12.9. The first-order valence-corrected chi connectivity index (χ1v) is 7.25. The molecule has 0 amide bonds. The summed E-state index contributed by atoms with van der Waals surface area (Å²) in [6, 6.07) is 8.23. The molecule has 1 fully saturated rings. The van der Waals surface area contributed by atoms with Crippen LogP contribution in [-0.4, -0.2) is 23.1 Å². The third-order valence-electron chi connectivity index (χ3n) is 3.65. The number of anilines is 2. The molecule has 2 aromatic heterocycles. The summed E-state index contributed by atoms with van der Waals surface area (Å²) in [4.78, 5) is 11.0. The van der Waals surface area contributed by atoms with Crippen LogP contribution in [0.2, 0.25) is 0 Å². The Morgan fingerprint density at radius 2 is 1.95 bits per heavy atom. The molecule has 0 saturated carbocycles. The summed E-state index contributed by atoms with van der Waals surface area (Å²) in [5, 5.41) is 3.37. The smallest absolute Gasteiger partial charge is 0.128 e.